The number of benzene rings is 1. The molecule has 0 bridgehead atoms. The first-order chi connectivity index (χ1) is 13.9. The first-order valence-electron chi connectivity index (χ1n) is 9.54. The van der Waals surface area contributed by atoms with Gasteiger partial charge in [-0.25, -0.2) is 0 Å². The lowest BCUT2D eigenvalue weighted by Gasteiger charge is -2.27. The summed E-state index contributed by atoms with van der Waals surface area (Å²) in [6, 6.07) is 9.51. The van der Waals surface area contributed by atoms with Crippen LogP contribution in [0.15, 0.2) is 54.4 Å². The van der Waals surface area contributed by atoms with Crippen molar-refractivity contribution in [2.75, 3.05) is 34.3 Å². The molecular weight excluding hydrogens is 370 g/mol. The van der Waals surface area contributed by atoms with Crippen LogP contribution in [0.25, 0.3) is 5.76 Å². The highest BCUT2D eigenvalue weighted by Gasteiger charge is 2.44. The lowest BCUT2D eigenvalue weighted by atomic mass is 9.95. The van der Waals surface area contributed by atoms with Gasteiger partial charge in [-0.3, -0.25) is 14.6 Å². The summed E-state index contributed by atoms with van der Waals surface area (Å²) in [5.74, 6) is -1.22. The fourth-order valence-corrected chi connectivity index (χ4v) is 3.52. The number of nitrogens with zero attached hydrogens (tertiary/aromatic N) is 2. The van der Waals surface area contributed by atoms with Crippen LogP contribution in [-0.4, -0.2) is 55.9 Å². The number of methoxy groups -OCH3 is 1. The molecule has 1 aromatic carbocycles. The number of carbonyl (C=O) groups is 2. The van der Waals surface area contributed by atoms with Crippen molar-refractivity contribution in [2.45, 2.75) is 12.5 Å². The van der Waals surface area contributed by atoms with Crippen molar-refractivity contribution >= 4 is 17.4 Å². The van der Waals surface area contributed by atoms with Gasteiger partial charge in [-0.2, -0.15) is 0 Å². The van der Waals surface area contributed by atoms with E-state index < -0.39 is 23.5 Å². The minimum Gasteiger partial charge on any atom is -0.872 e. The molecule has 2 aromatic rings. The number of quaternary nitrogens is 1. The maximum atomic E-state index is 13.2. The first kappa shape index (κ1) is 20.5. The zero-order valence-electron chi connectivity index (χ0n) is 16.8. The van der Waals surface area contributed by atoms with E-state index in [-0.39, 0.29) is 5.57 Å². The molecule has 1 aromatic heterocycles. The van der Waals surface area contributed by atoms with E-state index in [2.05, 4.69) is 4.98 Å². The number of nitrogens with one attached hydrogen (secondary N) is 1. The third kappa shape index (κ3) is 4.30. The van der Waals surface area contributed by atoms with Gasteiger partial charge >= 0.3 is 0 Å². The molecule has 0 radical (unpaired) electrons. The highest BCUT2D eigenvalue weighted by atomic mass is 16.5. The molecule has 2 heterocycles. The predicted molar refractivity (Wildman–Crippen MR) is 106 cm³/mol. The molecule has 1 fully saturated rings. The Morgan fingerprint density at radius 3 is 2.59 bits per heavy atom. The number of aromatic nitrogens is 1. The Bertz CT molecular complexity index is 925. The van der Waals surface area contributed by atoms with Crippen molar-refractivity contribution in [3.05, 3.63) is 65.5 Å². The molecule has 3 rings (SSSR count). The molecule has 1 N–H and O–H groups in total. The smallest absolute Gasteiger partial charge is 0.295 e. The summed E-state index contributed by atoms with van der Waals surface area (Å²) in [7, 11) is 5.61. The Labute approximate surface area is 170 Å². The van der Waals surface area contributed by atoms with Gasteiger partial charge in [0.05, 0.1) is 33.8 Å². The molecule has 1 unspecified atom stereocenters. The highest BCUT2D eigenvalue weighted by Crippen LogP contribution is 2.39. The van der Waals surface area contributed by atoms with Crippen LogP contribution < -0.4 is 14.7 Å². The minimum atomic E-state index is -0.739. The average molecular weight is 395 g/mol. The lowest BCUT2D eigenvalue weighted by molar-refractivity contribution is -0.858. The van der Waals surface area contributed by atoms with Gasteiger partial charge in [0.15, 0.2) is 0 Å². The summed E-state index contributed by atoms with van der Waals surface area (Å²) in [6.07, 6.45) is 3.71. The average Bonchev–Trinajstić information content (AvgIpc) is 2.98. The fraction of sp³-hybridized carbons (Fsp3) is 0.318. The Morgan fingerprint density at radius 1 is 1.21 bits per heavy atom. The highest BCUT2D eigenvalue weighted by molar-refractivity contribution is 6.46. The predicted octanol–water partition coefficient (Wildman–Crippen LogP) is -0.151. The van der Waals surface area contributed by atoms with Crippen LogP contribution in [0.1, 0.15) is 23.6 Å². The van der Waals surface area contributed by atoms with Crippen LogP contribution in [0.3, 0.4) is 0 Å². The second-order valence-electron chi connectivity index (χ2n) is 7.30. The molecule has 1 aliphatic rings. The molecule has 0 spiro atoms. The van der Waals surface area contributed by atoms with Crippen molar-refractivity contribution in [1.29, 1.82) is 0 Å². The topological polar surface area (TPSA) is 87.0 Å². The summed E-state index contributed by atoms with van der Waals surface area (Å²) < 4.78 is 5.30. The Balaban J connectivity index is 2.09. The number of likely N-dealkylation sites (tertiary alicyclic amines) is 1. The van der Waals surface area contributed by atoms with Crippen LogP contribution in [0.5, 0.6) is 5.75 Å². The molecule has 1 aliphatic heterocycles. The molecule has 1 amide bonds. The summed E-state index contributed by atoms with van der Waals surface area (Å²) in [5, 5.41) is 13.2. The van der Waals surface area contributed by atoms with Crippen LogP contribution >= 0.6 is 0 Å². The van der Waals surface area contributed by atoms with E-state index in [0.29, 0.717) is 23.4 Å². The van der Waals surface area contributed by atoms with Crippen LogP contribution in [0.2, 0.25) is 0 Å². The molecule has 1 saturated heterocycles. The SMILES string of the molecule is COc1cccc(C2C(=C([O-])c3ccncc3)C(=O)C(=O)N2CCC[NH+](C)C)c1. The third-order valence-electron chi connectivity index (χ3n) is 4.96. The van der Waals surface area contributed by atoms with Crippen molar-refractivity contribution < 1.29 is 24.3 Å². The van der Waals surface area contributed by atoms with Gasteiger partial charge in [-0.15, -0.1) is 0 Å². The number of carbonyl (C=O) groups excluding carboxylic acids is 2. The molecule has 0 aliphatic carbocycles. The molecule has 29 heavy (non-hydrogen) atoms. The van der Waals surface area contributed by atoms with Gasteiger partial charge in [0.2, 0.25) is 5.78 Å². The maximum absolute atomic E-state index is 13.2. The molecule has 152 valence electrons. The number of hydrogen-bond acceptors (Lipinski definition) is 5. The van der Waals surface area contributed by atoms with Crippen LogP contribution in [0, 0.1) is 0 Å². The van der Waals surface area contributed by atoms with Crippen LogP contribution in [-0.2, 0) is 9.59 Å². The van der Waals surface area contributed by atoms with Gasteiger partial charge in [0.1, 0.15) is 5.75 Å². The Kier molecular flexibility index (Phi) is 6.29. The normalized spacial score (nSPS) is 18.5. The molecule has 7 heteroatoms. The number of amides is 1. The lowest BCUT2D eigenvalue weighted by Crippen LogP contribution is -3.05. The van der Waals surface area contributed by atoms with Gasteiger partial charge < -0.3 is 19.6 Å². The van der Waals surface area contributed by atoms with E-state index in [0.717, 1.165) is 13.0 Å². The van der Waals surface area contributed by atoms with Crippen LogP contribution in [0.4, 0.5) is 0 Å². The number of pyridine rings is 1. The van der Waals surface area contributed by atoms with E-state index in [9.17, 15) is 14.7 Å². The number of Topliss-reactive ketones (excluding diaryl/α,β-unsaturated/α-hetero) is 1. The molecule has 1 atom stereocenters. The summed E-state index contributed by atoms with van der Waals surface area (Å²) in [5.41, 5.74) is 0.994. The monoisotopic (exact) mass is 395 g/mol. The van der Waals surface area contributed by atoms with E-state index in [1.807, 2.05) is 20.2 Å². The summed E-state index contributed by atoms with van der Waals surface area (Å²) >= 11 is 0. The van der Waals surface area contributed by atoms with E-state index in [1.165, 1.54) is 22.2 Å². The van der Waals surface area contributed by atoms with Gasteiger partial charge in [-0.05, 0) is 35.4 Å². The summed E-state index contributed by atoms with van der Waals surface area (Å²) in [6.45, 7) is 1.24. The molecular formula is C22H25N3O4. The second-order valence-corrected chi connectivity index (χ2v) is 7.30. The Morgan fingerprint density at radius 2 is 1.93 bits per heavy atom. The summed E-state index contributed by atoms with van der Waals surface area (Å²) in [4.78, 5) is 32.4. The fourth-order valence-electron chi connectivity index (χ4n) is 3.52. The van der Waals surface area contributed by atoms with Gasteiger partial charge in [0.25, 0.3) is 5.91 Å². The second kappa shape index (κ2) is 8.87. The quantitative estimate of drug-likeness (QED) is 0.400. The molecule has 7 nitrogen and oxygen atoms in total. The van der Waals surface area contributed by atoms with Crippen molar-refractivity contribution in [1.82, 2.24) is 9.88 Å². The zero-order valence-corrected chi connectivity index (χ0v) is 16.8. The van der Waals surface area contributed by atoms with Crippen molar-refractivity contribution in [3.8, 4) is 5.75 Å². The molecule has 0 saturated carbocycles. The first-order valence-corrected chi connectivity index (χ1v) is 9.54. The number of ether oxygens (including phenoxy) is 1. The van der Waals surface area contributed by atoms with Gasteiger partial charge in [-0.1, -0.05) is 17.9 Å². The van der Waals surface area contributed by atoms with Crippen molar-refractivity contribution in [2.24, 2.45) is 0 Å². The van der Waals surface area contributed by atoms with E-state index in [1.54, 1.807) is 37.4 Å². The number of ketones is 1. The van der Waals surface area contributed by atoms with Gasteiger partial charge in [0, 0.05) is 30.9 Å². The third-order valence-corrected chi connectivity index (χ3v) is 4.96. The van der Waals surface area contributed by atoms with Crippen molar-refractivity contribution in [3.63, 3.8) is 0 Å². The standard InChI is InChI=1S/C22H25N3O4/c1-24(2)12-5-13-25-19(16-6-4-7-17(14-16)29-3)18(21(27)22(25)28)20(26)15-8-10-23-11-9-15/h4,6-11,14,19,26H,5,12-13H2,1-3H3. The largest absolute Gasteiger partial charge is 0.872 e. The number of rotatable bonds is 7. The number of hydrogen-bond donors (Lipinski definition) is 1. The minimum absolute atomic E-state index is 0.0216. The van der Waals surface area contributed by atoms with E-state index in [4.69, 9.17) is 4.74 Å². The maximum Gasteiger partial charge on any atom is 0.295 e. The van der Waals surface area contributed by atoms with E-state index >= 15 is 0 Å². The Hall–Kier alpha value is -3.19. The zero-order chi connectivity index (χ0) is 21.0.